The van der Waals surface area contributed by atoms with Crippen LogP contribution in [0.25, 0.3) is 0 Å². The lowest BCUT2D eigenvalue weighted by Crippen LogP contribution is -1.92. The van der Waals surface area contributed by atoms with Crippen LogP contribution < -0.4 is 5.73 Å². The number of para-hydroxylation sites is 1. The van der Waals surface area contributed by atoms with Crippen LogP contribution in [0, 0.1) is 12.7 Å². The quantitative estimate of drug-likeness (QED) is 0.818. The van der Waals surface area contributed by atoms with Crippen LogP contribution in [0.15, 0.2) is 32.8 Å². The minimum Gasteiger partial charge on any atom is -0.395 e. The maximum atomic E-state index is 13.1. The Morgan fingerprint density at radius 3 is 2.93 bits per heavy atom. The van der Waals surface area contributed by atoms with Crippen molar-refractivity contribution in [2.45, 2.75) is 16.2 Å². The fraction of sp³-hybridized carbons (Fsp3) is 0.100. The summed E-state index contributed by atoms with van der Waals surface area (Å²) < 4.78 is 14.0. The Balaban J connectivity index is 2.28. The van der Waals surface area contributed by atoms with E-state index in [-0.39, 0.29) is 11.5 Å². The SMILES string of the molecule is Cc1csc(Sc2cccc(F)c2N)n1. The normalized spacial score (nSPS) is 10.5. The number of nitrogens with two attached hydrogens (primary N) is 1. The van der Waals surface area contributed by atoms with Crippen molar-refractivity contribution in [3.63, 3.8) is 0 Å². The molecule has 0 aliphatic carbocycles. The molecule has 0 atom stereocenters. The van der Waals surface area contributed by atoms with Crippen molar-refractivity contribution >= 4 is 28.8 Å². The number of anilines is 1. The van der Waals surface area contributed by atoms with Crippen LogP contribution in [0.2, 0.25) is 0 Å². The summed E-state index contributed by atoms with van der Waals surface area (Å²) in [7, 11) is 0. The molecule has 2 N–H and O–H groups in total. The molecule has 1 aromatic carbocycles. The molecular formula is C10H9FN2S2. The number of thiazole rings is 1. The van der Waals surface area contributed by atoms with Gasteiger partial charge in [-0.1, -0.05) is 17.8 Å². The van der Waals surface area contributed by atoms with Crippen molar-refractivity contribution in [2.75, 3.05) is 5.73 Å². The molecule has 2 rings (SSSR count). The molecule has 78 valence electrons. The van der Waals surface area contributed by atoms with Crippen LogP contribution in [0.5, 0.6) is 0 Å². The van der Waals surface area contributed by atoms with E-state index in [0.29, 0.717) is 4.90 Å². The van der Waals surface area contributed by atoms with E-state index in [1.807, 2.05) is 12.3 Å². The van der Waals surface area contributed by atoms with Crippen LogP contribution >= 0.6 is 23.1 Å². The summed E-state index contributed by atoms with van der Waals surface area (Å²) in [6.07, 6.45) is 0. The van der Waals surface area contributed by atoms with Gasteiger partial charge in [0.2, 0.25) is 0 Å². The van der Waals surface area contributed by atoms with Crippen LogP contribution in [0.1, 0.15) is 5.69 Å². The molecule has 0 unspecified atom stereocenters. The lowest BCUT2D eigenvalue weighted by molar-refractivity contribution is 0.629. The van der Waals surface area contributed by atoms with E-state index in [1.54, 1.807) is 12.1 Å². The Hall–Kier alpha value is -1.07. The Kier molecular flexibility index (Phi) is 2.93. The summed E-state index contributed by atoms with van der Waals surface area (Å²) in [5, 5.41) is 1.96. The molecule has 0 fully saturated rings. The van der Waals surface area contributed by atoms with E-state index in [2.05, 4.69) is 4.98 Å². The number of nitrogens with zero attached hydrogens (tertiary/aromatic N) is 1. The van der Waals surface area contributed by atoms with E-state index in [9.17, 15) is 4.39 Å². The summed E-state index contributed by atoms with van der Waals surface area (Å²) in [6.45, 7) is 1.93. The maximum absolute atomic E-state index is 13.1. The highest BCUT2D eigenvalue weighted by molar-refractivity contribution is 8.01. The van der Waals surface area contributed by atoms with Gasteiger partial charge in [0.25, 0.3) is 0 Å². The summed E-state index contributed by atoms with van der Waals surface area (Å²) in [4.78, 5) is 4.99. The maximum Gasteiger partial charge on any atom is 0.154 e. The van der Waals surface area contributed by atoms with Crippen molar-refractivity contribution in [2.24, 2.45) is 0 Å². The summed E-state index contributed by atoms with van der Waals surface area (Å²) in [6, 6.07) is 4.79. The zero-order valence-corrected chi connectivity index (χ0v) is 9.66. The molecule has 2 aromatic rings. The lowest BCUT2D eigenvalue weighted by Gasteiger charge is -2.02. The zero-order valence-electron chi connectivity index (χ0n) is 8.03. The smallest absolute Gasteiger partial charge is 0.154 e. The van der Waals surface area contributed by atoms with Gasteiger partial charge in [-0.15, -0.1) is 11.3 Å². The van der Waals surface area contributed by atoms with Gasteiger partial charge < -0.3 is 5.73 Å². The molecule has 1 heterocycles. The minimum absolute atomic E-state index is 0.190. The minimum atomic E-state index is -0.381. The first-order valence-electron chi connectivity index (χ1n) is 4.31. The standard InChI is InChI=1S/C10H9FN2S2/c1-6-5-14-10(13-6)15-8-4-2-3-7(11)9(8)12/h2-5H,12H2,1H3. The highest BCUT2D eigenvalue weighted by atomic mass is 32.2. The highest BCUT2D eigenvalue weighted by Crippen LogP contribution is 2.34. The number of hydrogen-bond donors (Lipinski definition) is 1. The van der Waals surface area contributed by atoms with Crippen molar-refractivity contribution in [1.29, 1.82) is 0 Å². The van der Waals surface area contributed by atoms with E-state index >= 15 is 0 Å². The Morgan fingerprint density at radius 1 is 1.47 bits per heavy atom. The second kappa shape index (κ2) is 4.20. The molecule has 1 aromatic heterocycles. The van der Waals surface area contributed by atoms with E-state index in [4.69, 9.17) is 5.73 Å². The van der Waals surface area contributed by atoms with Gasteiger partial charge in [-0.05, 0) is 19.1 Å². The molecule has 15 heavy (non-hydrogen) atoms. The Morgan fingerprint density at radius 2 is 2.27 bits per heavy atom. The third-order valence-electron chi connectivity index (χ3n) is 1.81. The second-order valence-electron chi connectivity index (χ2n) is 3.01. The van der Waals surface area contributed by atoms with Gasteiger partial charge in [-0.25, -0.2) is 9.37 Å². The summed E-state index contributed by atoms with van der Waals surface area (Å²) >= 11 is 2.92. The third-order valence-corrected chi connectivity index (χ3v) is 3.94. The second-order valence-corrected chi connectivity index (χ2v) is 5.16. The van der Waals surface area contributed by atoms with Crippen LogP contribution in [-0.2, 0) is 0 Å². The Bertz CT molecular complexity index is 482. The number of benzene rings is 1. The number of aromatic nitrogens is 1. The summed E-state index contributed by atoms with van der Waals surface area (Å²) in [5.41, 5.74) is 6.78. The number of aryl methyl sites for hydroxylation is 1. The van der Waals surface area contributed by atoms with Gasteiger partial charge in [-0.2, -0.15) is 0 Å². The molecule has 0 radical (unpaired) electrons. The number of rotatable bonds is 2. The lowest BCUT2D eigenvalue weighted by atomic mass is 10.3. The molecule has 0 bridgehead atoms. The average Bonchev–Trinajstić information content (AvgIpc) is 2.59. The first-order valence-corrected chi connectivity index (χ1v) is 6.00. The van der Waals surface area contributed by atoms with Crippen LogP contribution in [0.3, 0.4) is 0 Å². The molecule has 0 saturated carbocycles. The number of halogens is 1. The highest BCUT2D eigenvalue weighted by Gasteiger charge is 2.07. The first-order chi connectivity index (χ1) is 7.16. The van der Waals surface area contributed by atoms with E-state index < -0.39 is 0 Å². The van der Waals surface area contributed by atoms with Gasteiger partial charge in [0, 0.05) is 16.0 Å². The molecule has 0 amide bonds. The van der Waals surface area contributed by atoms with E-state index in [1.165, 1.54) is 29.2 Å². The molecule has 0 spiro atoms. The molecule has 5 heteroatoms. The predicted octanol–water partition coefficient (Wildman–Crippen LogP) is 3.32. The molecule has 2 nitrogen and oxygen atoms in total. The molecule has 0 aliphatic heterocycles. The Labute approximate surface area is 95.3 Å². The number of hydrogen-bond acceptors (Lipinski definition) is 4. The van der Waals surface area contributed by atoms with Gasteiger partial charge in [-0.3, -0.25) is 0 Å². The zero-order chi connectivity index (χ0) is 10.8. The van der Waals surface area contributed by atoms with Gasteiger partial charge >= 0.3 is 0 Å². The largest absolute Gasteiger partial charge is 0.395 e. The van der Waals surface area contributed by atoms with Crippen molar-refractivity contribution in [1.82, 2.24) is 4.98 Å². The monoisotopic (exact) mass is 240 g/mol. The van der Waals surface area contributed by atoms with Crippen molar-refractivity contribution < 1.29 is 4.39 Å². The molecule has 0 aliphatic rings. The van der Waals surface area contributed by atoms with Gasteiger partial charge in [0.15, 0.2) is 4.34 Å². The van der Waals surface area contributed by atoms with Crippen LogP contribution in [0.4, 0.5) is 10.1 Å². The summed E-state index contributed by atoms with van der Waals surface area (Å²) in [5.74, 6) is -0.381. The first kappa shape index (κ1) is 10.4. The van der Waals surface area contributed by atoms with Gasteiger partial charge in [0.1, 0.15) is 5.82 Å². The topological polar surface area (TPSA) is 38.9 Å². The van der Waals surface area contributed by atoms with E-state index in [0.717, 1.165) is 10.0 Å². The fourth-order valence-electron chi connectivity index (χ4n) is 1.08. The third kappa shape index (κ3) is 2.30. The predicted molar refractivity (Wildman–Crippen MR) is 61.8 cm³/mol. The molecule has 0 saturated heterocycles. The van der Waals surface area contributed by atoms with Crippen molar-refractivity contribution in [3.8, 4) is 0 Å². The average molecular weight is 240 g/mol. The van der Waals surface area contributed by atoms with Crippen LogP contribution in [-0.4, -0.2) is 4.98 Å². The fourth-order valence-corrected chi connectivity index (χ4v) is 2.94. The molecular weight excluding hydrogens is 231 g/mol. The number of nitrogen functional groups attached to an aromatic ring is 1. The van der Waals surface area contributed by atoms with Crippen molar-refractivity contribution in [3.05, 3.63) is 35.1 Å². The van der Waals surface area contributed by atoms with Gasteiger partial charge in [0.05, 0.1) is 5.69 Å².